The van der Waals surface area contributed by atoms with E-state index in [1.807, 2.05) is 0 Å². The highest BCUT2D eigenvalue weighted by Gasteiger charge is 2.24. The zero-order valence-corrected chi connectivity index (χ0v) is 18.3. The molecule has 1 rings (SSSR count). The molecular formula is C16H35IN4S. The second kappa shape index (κ2) is 11.0. The van der Waals surface area contributed by atoms with Crippen LogP contribution in [-0.4, -0.2) is 60.1 Å². The Labute approximate surface area is 158 Å². The molecule has 0 spiro atoms. The van der Waals surface area contributed by atoms with Gasteiger partial charge in [0.15, 0.2) is 5.96 Å². The molecule has 0 aromatic carbocycles. The van der Waals surface area contributed by atoms with E-state index in [0.717, 1.165) is 49.9 Å². The van der Waals surface area contributed by atoms with Crippen LogP contribution in [0.25, 0.3) is 0 Å². The summed E-state index contributed by atoms with van der Waals surface area (Å²) >= 11 is 2.11. The van der Waals surface area contributed by atoms with Crippen LogP contribution >= 0.6 is 35.7 Å². The first-order chi connectivity index (χ1) is 9.83. The molecule has 0 aromatic heterocycles. The molecule has 1 aliphatic rings. The lowest BCUT2D eigenvalue weighted by molar-refractivity contribution is 0.379. The number of nitrogens with one attached hydrogen (secondary N) is 2. The number of halogens is 1. The van der Waals surface area contributed by atoms with Gasteiger partial charge in [-0.3, -0.25) is 4.99 Å². The van der Waals surface area contributed by atoms with E-state index in [1.165, 1.54) is 5.75 Å². The maximum absolute atomic E-state index is 4.79. The van der Waals surface area contributed by atoms with Crippen molar-refractivity contribution in [1.29, 1.82) is 0 Å². The largest absolute Gasteiger partial charge is 0.357 e. The van der Waals surface area contributed by atoms with Crippen LogP contribution in [0, 0.1) is 5.92 Å². The van der Waals surface area contributed by atoms with E-state index in [0.29, 0.717) is 0 Å². The quantitative estimate of drug-likeness (QED) is 0.297. The van der Waals surface area contributed by atoms with Gasteiger partial charge in [0, 0.05) is 42.7 Å². The standard InChI is InChI=1S/C16H34N4S.HI/c1-7-17-15(18-8-9-19-16(4,5)6)20-10-11-21-14(12-20)13(2)3;/h13-14,19H,7-12H2,1-6H3,(H,17,18);1H. The highest BCUT2D eigenvalue weighted by atomic mass is 127. The van der Waals surface area contributed by atoms with Crippen molar-refractivity contribution in [2.75, 3.05) is 38.5 Å². The van der Waals surface area contributed by atoms with Gasteiger partial charge >= 0.3 is 0 Å². The van der Waals surface area contributed by atoms with Gasteiger partial charge in [-0.25, -0.2) is 0 Å². The Morgan fingerprint density at radius 2 is 2.05 bits per heavy atom. The third-order valence-electron chi connectivity index (χ3n) is 3.50. The molecule has 1 atom stereocenters. The van der Waals surface area contributed by atoms with Crippen LogP contribution < -0.4 is 10.6 Å². The minimum Gasteiger partial charge on any atom is -0.357 e. The van der Waals surface area contributed by atoms with Gasteiger partial charge in [0.1, 0.15) is 0 Å². The van der Waals surface area contributed by atoms with Crippen molar-refractivity contribution < 1.29 is 0 Å². The lowest BCUT2D eigenvalue weighted by Crippen LogP contribution is -2.49. The highest BCUT2D eigenvalue weighted by molar-refractivity contribution is 14.0. The first kappa shape index (κ1) is 22.3. The van der Waals surface area contributed by atoms with Crippen LogP contribution in [0.15, 0.2) is 4.99 Å². The monoisotopic (exact) mass is 442 g/mol. The molecule has 0 amide bonds. The molecule has 0 bridgehead atoms. The van der Waals surface area contributed by atoms with E-state index in [1.54, 1.807) is 0 Å². The predicted molar refractivity (Wildman–Crippen MR) is 112 cm³/mol. The number of hydrogen-bond acceptors (Lipinski definition) is 3. The Kier molecular flexibility index (Phi) is 11.1. The highest BCUT2D eigenvalue weighted by Crippen LogP contribution is 2.24. The minimum absolute atomic E-state index is 0. The number of hydrogen-bond donors (Lipinski definition) is 2. The Bertz CT molecular complexity index is 329. The summed E-state index contributed by atoms with van der Waals surface area (Å²) in [5.74, 6) is 3.01. The molecule has 132 valence electrons. The molecular weight excluding hydrogens is 407 g/mol. The van der Waals surface area contributed by atoms with E-state index >= 15 is 0 Å². The van der Waals surface area contributed by atoms with Crippen LogP contribution in [-0.2, 0) is 0 Å². The van der Waals surface area contributed by atoms with Crippen LogP contribution in [0.3, 0.4) is 0 Å². The van der Waals surface area contributed by atoms with Crippen LogP contribution in [0.4, 0.5) is 0 Å². The number of nitrogens with zero attached hydrogens (tertiary/aromatic N) is 2. The zero-order valence-electron chi connectivity index (χ0n) is 15.1. The molecule has 4 nitrogen and oxygen atoms in total. The zero-order chi connectivity index (χ0) is 15.9. The summed E-state index contributed by atoms with van der Waals surface area (Å²) in [6.07, 6.45) is 0. The Hall–Kier alpha value is 0.310. The summed E-state index contributed by atoms with van der Waals surface area (Å²) < 4.78 is 0. The molecule has 0 aromatic rings. The van der Waals surface area contributed by atoms with E-state index in [2.05, 4.69) is 68.8 Å². The first-order valence-electron chi connectivity index (χ1n) is 8.23. The topological polar surface area (TPSA) is 39.7 Å². The van der Waals surface area contributed by atoms with Crippen molar-refractivity contribution in [3.63, 3.8) is 0 Å². The van der Waals surface area contributed by atoms with Crippen molar-refractivity contribution in [3.8, 4) is 0 Å². The second-order valence-electron chi connectivity index (χ2n) is 7.01. The van der Waals surface area contributed by atoms with Crippen LogP contribution in [0.1, 0.15) is 41.5 Å². The SMILES string of the molecule is CCNC(=NCCNC(C)(C)C)N1CCSC(C(C)C)C1.I. The molecule has 1 aliphatic heterocycles. The minimum atomic E-state index is 0. The molecule has 0 radical (unpaired) electrons. The lowest BCUT2D eigenvalue weighted by Gasteiger charge is -2.36. The molecule has 1 unspecified atom stereocenters. The van der Waals surface area contributed by atoms with Crippen molar-refractivity contribution >= 4 is 41.7 Å². The number of rotatable bonds is 5. The van der Waals surface area contributed by atoms with Gasteiger partial charge < -0.3 is 15.5 Å². The summed E-state index contributed by atoms with van der Waals surface area (Å²) in [4.78, 5) is 7.23. The summed E-state index contributed by atoms with van der Waals surface area (Å²) in [7, 11) is 0. The van der Waals surface area contributed by atoms with Crippen LogP contribution in [0.5, 0.6) is 0 Å². The van der Waals surface area contributed by atoms with E-state index in [4.69, 9.17) is 4.99 Å². The first-order valence-corrected chi connectivity index (χ1v) is 9.28. The van der Waals surface area contributed by atoms with Gasteiger partial charge in [0.25, 0.3) is 0 Å². The third kappa shape index (κ3) is 8.82. The van der Waals surface area contributed by atoms with E-state index in [9.17, 15) is 0 Å². The lowest BCUT2D eigenvalue weighted by atomic mass is 10.1. The fourth-order valence-corrected chi connectivity index (χ4v) is 3.59. The molecule has 6 heteroatoms. The molecule has 2 N–H and O–H groups in total. The maximum atomic E-state index is 4.79. The van der Waals surface area contributed by atoms with Gasteiger partial charge in [0.05, 0.1) is 6.54 Å². The predicted octanol–water partition coefficient (Wildman–Crippen LogP) is 3.03. The summed E-state index contributed by atoms with van der Waals surface area (Å²) in [6.45, 7) is 18.3. The van der Waals surface area contributed by atoms with Gasteiger partial charge in [0.2, 0.25) is 0 Å². The molecule has 0 saturated carbocycles. The second-order valence-corrected chi connectivity index (χ2v) is 8.36. The van der Waals surface area contributed by atoms with Gasteiger partial charge in [-0.05, 0) is 33.6 Å². The van der Waals surface area contributed by atoms with E-state index in [-0.39, 0.29) is 29.5 Å². The number of thioether (sulfide) groups is 1. The Balaban J connectivity index is 0.00000441. The van der Waals surface area contributed by atoms with Gasteiger partial charge in [-0.2, -0.15) is 11.8 Å². The van der Waals surface area contributed by atoms with Crippen LogP contribution in [0.2, 0.25) is 0 Å². The van der Waals surface area contributed by atoms with Gasteiger partial charge in [-0.1, -0.05) is 13.8 Å². The number of aliphatic imine (C=N–C) groups is 1. The molecule has 1 saturated heterocycles. The third-order valence-corrected chi connectivity index (χ3v) is 5.04. The maximum Gasteiger partial charge on any atom is 0.194 e. The fourth-order valence-electron chi connectivity index (χ4n) is 2.29. The summed E-state index contributed by atoms with van der Waals surface area (Å²) in [6, 6.07) is 0. The van der Waals surface area contributed by atoms with Crippen molar-refractivity contribution in [2.24, 2.45) is 10.9 Å². The Morgan fingerprint density at radius 3 is 2.59 bits per heavy atom. The van der Waals surface area contributed by atoms with Crippen molar-refractivity contribution in [2.45, 2.75) is 52.3 Å². The van der Waals surface area contributed by atoms with E-state index < -0.39 is 0 Å². The molecule has 0 aliphatic carbocycles. The van der Waals surface area contributed by atoms with Crippen molar-refractivity contribution in [3.05, 3.63) is 0 Å². The van der Waals surface area contributed by atoms with Gasteiger partial charge in [-0.15, -0.1) is 24.0 Å². The summed E-state index contributed by atoms with van der Waals surface area (Å²) in [5, 5.41) is 7.66. The fraction of sp³-hybridized carbons (Fsp3) is 0.938. The normalized spacial score (nSPS) is 20.0. The number of guanidine groups is 1. The average Bonchev–Trinajstić information content (AvgIpc) is 2.41. The summed E-state index contributed by atoms with van der Waals surface area (Å²) in [5.41, 5.74) is 0.165. The molecule has 22 heavy (non-hydrogen) atoms. The smallest absolute Gasteiger partial charge is 0.194 e. The molecule has 1 heterocycles. The average molecular weight is 442 g/mol. The Morgan fingerprint density at radius 1 is 1.36 bits per heavy atom. The van der Waals surface area contributed by atoms with Crippen molar-refractivity contribution in [1.82, 2.24) is 15.5 Å². The molecule has 1 fully saturated rings.